The maximum atomic E-state index is 5.06. The van der Waals surface area contributed by atoms with Crippen LogP contribution in [0.25, 0.3) is 0 Å². The molecule has 0 bridgehead atoms. The molecule has 1 aliphatic rings. The fourth-order valence-corrected chi connectivity index (χ4v) is 1.91. The molecule has 2 rings (SSSR count). The molecule has 3 atom stereocenters. The number of hydrogen-bond donors (Lipinski definition) is 1. The van der Waals surface area contributed by atoms with Crippen molar-refractivity contribution in [2.45, 2.75) is 45.7 Å². The first-order valence-corrected chi connectivity index (χ1v) is 5.36. The van der Waals surface area contributed by atoms with Crippen LogP contribution in [0.4, 0.5) is 0 Å². The van der Waals surface area contributed by atoms with E-state index in [0.29, 0.717) is 12.1 Å². The summed E-state index contributed by atoms with van der Waals surface area (Å²) in [6.07, 6.45) is 2.64. The molecule has 1 saturated carbocycles. The van der Waals surface area contributed by atoms with Crippen molar-refractivity contribution in [3.8, 4) is 0 Å². The zero-order valence-corrected chi connectivity index (χ0v) is 9.08. The molecule has 0 saturated heterocycles. The predicted octanol–water partition coefficient (Wildman–Crippen LogP) is 2.43. The van der Waals surface area contributed by atoms with Gasteiger partial charge in [0.1, 0.15) is 11.5 Å². The summed E-state index contributed by atoms with van der Waals surface area (Å²) in [5, 5.41) is 7.59. The zero-order chi connectivity index (χ0) is 10.1. The summed E-state index contributed by atoms with van der Waals surface area (Å²) in [6, 6.07) is 2.98. The highest BCUT2D eigenvalue weighted by atomic mass is 16.5. The summed E-state index contributed by atoms with van der Waals surface area (Å²) in [4.78, 5) is 0. The van der Waals surface area contributed by atoms with Gasteiger partial charge in [-0.3, -0.25) is 0 Å². The molecule has 3 nitrogen and oxygen atoms in total. The lowest BCUT2D eigenvalue weighted by molar-refractivity contribution is 0.211. The number of aryl methyl sites for hydroxylation is 1. The van der Waals surface area contributed by atoms with Crippen LogP contribution in [0.2, 0.25) is 0 Å². The third kappa shape index (κ3) is 1.82. The quantitative estimate of drug-likeness (QED) is 0.803. The van der Waals surface area contributed by atoms with Crippen molar-refractivity contribution >= 4 is 0 Å². The van der Waals surface area contributed by atoms with E-state index in [0.717, 1.165) is 17.4 Å². The number of nitrogens with one attached hydrogen (secondary N) is 1. The smallest absolute Gasteiger partial charge is 0.133 e. The van der Waals surface area contributed by atoms with Gasteiger partial charge in [0.15, 0.2) is 0 Å². The average molecular weight is 194 g/mol. The van der Waals surface area contributed by atoms with Crippen molar-refractivity contribution in [3.05, 3.63) is 17.5 Å². The van der Waals surface area contributed by atoms with E-state index in [-0.39, 0.29) is 0 Å². The molecule has 1 aliphatic carbocycles. The van der Waals surface area contributed by atoms with E-state index in [1.807, 2.05) is 13.0 Å². The van der Waals surface area contributed by atoms with Gasteiger partial charge >= 0.3 is 0 Å². The van der Waals surface area contributed by atoms with Crippen molar-refractivity contribution in [1.29, 1.82) is 0 Å². The molecule has 78 valence electrons. The lowest BCUT2D eigenvalue weighted by Crippen LogP contribution is -2.43. The molecular weight excluding hydrogens is 176 g/mol. The van der Waals surface area contributed by atoms with Gasteiger partial charge in [0.2, 0.25) is 0 Å². The van der Waals surface area contributed by atoms with Crippen molar-refractivity contribution in [2.75, 3.05) is 0 Å². The molecular formula is C11H18N2O. The van der Waals surface area contributed by atoms with Crippen LogP contribution in [-0.2, 0) is 0 Å². The van der Waals surface area contributed by atoms with Gasteiger partial charge in [-0.25, -0.2) is 0 Å². The summed E-state index contributed by atoms with van der Waals surface area (Å²) in [6.45, 7) is 6.36. The van der Waals surface area contributed by atoms with Gasteiger partial charge in [-0.2, -0.15) is 0 Å². The lowest BCUT2D eigenvalue weighted by atomic mass is 9.81. The van der Waals surface area contributed by atoms with Crippen LogP contribution >= 0.6 is 0 Å². The van der Waals surface area contributed by atoms with Gasteiger partial charge in [-0.05, 0) is 32.6 Å². The van der Waals surface area contributed by atoms with Crippen molar-refractivity contribution in [2.24, 2.45) is 5.92 Å². The predicted molar refractivity (Wildman–Crippen MR) is 55.0 cm³/mol. The first-order valence-electron chi connectivity index (χ1n) is 5.36. The molecule has 0 amide bonds. The van der Waals surface area contributed by atoms with Crippen LogP contribution in [0, 0.1) is 12.8 Å². The Morgan fingerprint density at radius 1 is 1.57 bits per heavy atom. The van der Waals surface area contributed by atoms with Crippen molar-refractivity contribution in [3.63, 3.8) is 0 Å². The minimum Gasteiger partial charge on any atom is -0.361 e. The summed E-state index contributed by atoms with van der Waals surface area (Å²) in [7, 11) is 0. The van der Waals surface area contributed by atoms with E-state index in [4.69, 9.17) is 4.52 Å². The standard InChI is InChI=1S/C11H18N2O/c1-7-4-5-10(7)12-9(3)11-6-8(2)14-13-11/h6-7,9-10,12H,4-5H2,1-3H3/t7?,9-,10?/m1/s1. The molecule has 1 fully saturated rings. The summed E-state index contributed by atoms with van der Waals surface area (Å²) >= 11 is 0. The van der Waals surface area contributed by atoms with Gasteiger partial charge in [0, 0.05) is 12.1 Å². The second-order valence-corrected chi connectivity index (χ2v) is 4.41. The monoisotopic (exact) mass is 194 g/mol. The van der Waals surface area contributed by atoms with Crippen molar-refractivity contribution in [1.82, 2.24) is 10.5 Å². The number of aromatic nitrogens is 1. The summed E-state index contributed by atoms with van der Waals surface area (Å²) < 4.78 is 5.06. The second kappa shape index (κ2) is 3.73. The van der Waals surface area contributed by atoms with Gasteiger partial charge in [-0.1, -0.05) is 12.1 Å². The van der Waals surface area contributed by atoms with Crippen LogP contribution < -0.4 is 5.32 Å². The highest BCUT2D eigenvalue weighted by molar-refractivity contribution is 5.08. The summed E-state index contributed by atoms with van der Waals surface area (Å²) in [5.41, 5.74) is 1.02. The molecule has 3 heteroatoms. The maximum absolute atomic E-state index is 5.06. The first kappa shape index (κ1) is 9.71. The normalized spacial score (nSPS) is 28.5. The van der Waals surface area contributed by atoms with Crippen LogP contribution in [0.3, 0.4) is 0 Å². The van der Waals surface area contributed by atoms with Crippen molar-refractivity contribution < 1.29 is 4.52 Å². The third-order valence-corrected chi connectivity index (χ3v) is 3.17. The Morgan fingerprint density at radius 2 is 2.36 bits per heavy atom. The molecule has 0 aromatic carbocycles. The fraction of sp³-hybridized carbons (Fsp3) is 0.727. The first-order chi connectivity index (χ1) is 6.66. The van der Waals surface area contributed by atoms with Gasteiger partial charge in [0.25, 0.3) is 0 Å². The minimum atomic E-state index is 0.306. The topological polar surface area (TPSA) is 38.1 Å². The van der Waals surface area contributed by atoms with Crippen LogP contribution in [0.15, 0.2) is 10.6 Å². The Morgan fingerprint density at radius 3 is 2.79 bits per heavy atom. The van der Waals surface area contributed by atoms with Gasteiger partial charge in [0.05, 0.1) is 6.04 Å². The van der Waals surface area contributed by atoms with E-state index >= 15 is 0 Å². The highest BCUT2D eigenvalue weighted by Crippen LogP contribution is 2.28. The molecule has 2 unspecified atom stereocenters. The molecule has 0 radical (unpaired) electrons. The largest absolute Gasteiger partial charge is 0.361 e. The molecule has 1 aromatic heterocycles. The second-order valence-electron chi connectivity index (χ2n) is 4.41. The Bertz CT molecular complexity index is 308. The molecule has 1 N–H and O–H groups in total. The molecule has 0 aliphatic heterocycles. The Kier molecular flexibility index (Phi) is 2.59. The van der Waals surface area contributed by atoms with E-state index in [1.165, 1.54) is 12.8 Å². The summed E-state index contributed by atoms with van der Waals surface area (Å²) in [5.74, 6) is 1.70. The lowest BCUT2D eigenvalue weighted by Gasteiger charge is -2.36. The maximum Gasteiger partial charge on any atom is 0.133 e. The zero-order valence-electron chi connectivity index (χ0n) is 9.08. The average Bonchev–Trinajstić information content (AvgIpc) is 2.58. The van der Waals surface area contributed by atoms with E-state index in [9.17, 15) is 0 Å². The van der Waals surface area contributed by atoms with Crippen LogP contribution in [0.1, 0.15) is 44.2 Å². The molecule has 1 heterocycles. The van der Waals surface area contributed by atoms with E-state index in [2.05, 4.69) is 24.3 Å². The molecule has 0 spiro atoms. The Hall–Kier alpha value is -0.830. The fourth-order valence-electron chi connectivity index (χ4n) is 1.91. The van der Waals surface area contributed by atoms with E-state index < -0.39 is 0 Å². The van der Waals surface area contributed by atoms with Gasteiger partial charge < -0.3 is 9.84 Å². The minimum absolute atomic E-state index is 0.306. The molecule has 1 aromatic rings. The highest BCUT2D eigenvalue weighted by Gasteiger charge is 2.28. The number of rotatable bonds is 3. The van der Waals surface area contributed by atoms with Gasteiger partial charge in [-0.15, -0.1) is 0 Å². The number of nitrogens with zero attached hydrogens (tertiary/aromatic N) is 1. The third-order valence-electron chi connectivity index (χ3n) is 3.17. The van der Waals surface area contributed by atoms with Crippen LogP contribution in [0.5, 0.6) is 0 Å². The van der Waals surface area contributed by atoms with Crippen LogP contribution in [-0.4, -0.2) is 11.2 Å². The Balaban J connectivity index is 1.92. The van der Waals surface area contributed by atoms with E-state index in [1.54, 1.807) is 0 Å². The number of hydrogen-bond acceptors (Lipinski definition) is 3. The molecule has 14 heavy (non-hydrogen) atoms. The Labute approximate surface area is 84.9 Å². The SMILES string of the molecule is Cc1cc([C@@H](C)NC2CCC2C)no1.